The van der Waals surface area contributed by atoms with E-state index in [4.69, 9.17) is 9.47 Å². The molecule has 0 unspecified atom stereocenters. The van der Waals surface area contributed by atoms with Crippen LogP contribution in [0.3, 0.4) is 0 Å². The van der Waals surface area contributed by atoms with Gasteiger partial charge >= 0.3 is 11.9 Å². The van der Waals surface area contributed by atoms with Crippen molar-refractivity contribution < 1.29 is 19.1 Å². The number of ether oxygens (including phenoxy) is 2. The molecule has 0 aromatic carbocycles. The zero-order chi connectivity index (χ0) is 14.9. The third-order valence-corrected chi connectivity index (χ3v) is 2.28. The Morgan fingerprint density at radius 2 is 1.63 bits per heavy atom. The van der Waals surface area contributed by atoms with Gasteiger partial charge in [-0.25, -0.2) is 4.79 Å². The highest BCUT2D eigenvalue weighted by atomic mass is 16.6. The van der Waals surface area contributed by atoms with E-state index in [2.05, 4.69) is 6.58 Å². The van der Waals surface area contributed by atoms with Crippen molar-refractivity contribution in [3.05, 3.63) is 12.2 Å². The molecule has 0 amide bonds. The predicted molar refractivity (Wildman–Crippen MR) is 74.7 cm³/mol. The van der Waals surface area contributed by atoms with Crippen molar-refractivity contribution in [2.75, 3.05) is 6.61 Å². The Labute approximate surface area is 116 Å². The molecule has 0 N–H and O–H groups in total. The molecule has 0 aromatic rings. The zero-order valence-electron chi connectivity index (χ0n) is 12.6. The lowest BCUT2D eigenvalue weighted by molar-refractivity contribution is -0.154. The molecule has 19 heavy (non-hydrogen) atoms. The molecule has 0 spiro atoms. The highest BCUT2D eigenvalue weighted by molar-refractivity contribution is 5.86. The van der Waals surface area contributed by atoms with Gasteiger partial charge in [-0.3, -0.25) is 4.79 Å². The molecule has 0 rings (SSSR count). The summed E-state index contributed by atoms with van der Waals surface area (Å²) < 4.78 is 10.2. The van der Waals surface area contributed by atoms with E-state index < -0.39 is 5.60 Å². The molecule has 0 atom stereocenters. The Morgan fingerprint density at radius 1 is 1.05 bits per heavy atom. The molecule has 0 bridgehead atoms. The van der Waals surface area contributed by atoms with Crippen LogP contribution in [-0.4, -0.2) is 24.1 Å². The smallest absolute Gasteiger partial charge is 0.333 e. The van der Waals surface area contributed by atoms with Crippen molar-refractivity contribution >= 4 is 11.9 Å². The summed E-state index contributed by atoms with van der Waals surface area (Å²) in [6, 6.07) is 0. The minimum absolute atomic E-state index is 0.152. The number of esters is 2. The lowest BCUT2D eigenvalue weighted by Gasteiger charge is -2.19. The molecule has 0 saturated heterocycles. The fourth-order valence-electron chi connectivity index (χ4n) is 1.41. The number of hydrogen-bond donors (Lipinski definition) is 0. The molecule has 0 heterocycles. The largest absolute Gasteiger partial charge is 0.462 e. The second-order valence-corrected chi connectivity index (χ2v) is 5.67. The Hall–Kier alpha value is -1.32. The average Bonchev–Trinajstić information content (AvgIpc) is 2.24. The normalized spacial score (nSPS) is 10.9. The molecule has 0 saturated carbocycles. The van der Waals surface area contributed by atoms with Crippen molar-refractivity contribution in [3.63, 3.8) is 0 Å². The number of hydrogen-bond acceptors (Lipinski definition) is 4. The molecule has 0 radical (unpaired) electrons. The molecule has 0 aliphatic heterocycles. The fraction of sp³-hybridized carbons (Fsp3) is 0.733. The molecular weight excluding hydrogens is 244 g/mol. The third-order valence-electron chi connectivity index (χ3n) is 2.28. The van der Waals surface area contributed by atoms with E-state index in [1.165, 1.54) is 0 Å². The molecular formula is C15H26O4. The van der Waals surface area contributed by atoms with Gasteiger partial charge in [0.2, 0.25) is 0 Å². The lowest BCUT2D eigenvalue weighted by atomic mass is 10.1. The molecule has 0 aliphatic rings. The SMILES string of the molecule is C=C(C)C(=O)OCCCCCCC(=O)OC(C)(C)C. The molecule has 0 fully saturated rings. The summed E-state index contributed by atoms with van der Waals surface area (Å²) in [5.74, 6) is -0.491. The highest BCUT2D eigenvalue weighted by Gasteiger charge is 2.15. The maximum Gasteiger partial charge on any atom is 0.333 e. The van der Waals surface area contributed by atoms with Crippen molar-refractivity contribution in [1.82, 2.24) is 0 Å². The molecule has 0 aromatic heterocycles. The summed E-state index contributed by atoms with van der Waals surface area (Å²) in [4.78, 5) is 22.5. The first-order valence-electron chi connectivity index (χ1n) is 6.77. The molecule has 4 nitrogen and oxygen atoms in total. The van der Waals surface area contributed by atoms with Gasteiger partial charge in [0, 0.05) is 12.0 Å². The predicted octanol–water partition coefficient (Wildman–Crippen LogP) is 3.40. The van der Waals surface area contributed by atoms with Gasteiger partial charge in [-0.05, 0) is 40.5 Å². The van der Waals surface area contributed by atoms with E-state index >= 15 is 0 Å². The van der Waals surface area contributed by atoms with Crippen LogP contribution in [0.5, 0.6) is 0 Å². The second kappa shape index (κ2) is 8.73. The van der Waals surface area contributed by atoms with E-state index in [-0.39, 0.29) is 11.9 Å². The van der Waals surface area contributed by atoms with Gasteiger partial charge < -0.3 is 9.47 Å². The van der Waals surface area contributed by atoms with Crippen LogP contribution in [0, 0.1) is 0 Å². The second-order valence-electron chi connectivity index (χ2n) is 5.67. The highest BCUT2D eigenvalue weighted by Crippen LogP contribution is 2.11. The van der Waals surface area contributed by atoms with Crippen LogP contribution in [-0.2, 0) is 19.1 Å². The summed E-state index contributed by atoms with van der Waals surface area (Å²) in [6.45, 7) is 11.1. The zero-order valence-corrected chi connectivity index (χ0v) is 12.6. The van der Waals surface area contributed by atoms with Gasteiger partial charge in [0.15, 0.2) is 0 Å². The van der Waals surface area contributed by atoms with Crippen molar-refractivity contribution in [3.8, 4) is 0 Å². The van der Waals surface area contributed by atoms with E-state index in [0.29, 0.717) is 18.6 Å². The number of rotatable bonds is 8. The Bertz CT molecular complexity index is 313. The van der Waals surface area contributed by atoms with Gasteiger partial charge in [-0.15, -0.1) is 0 Å². The van der Waals surface area contributed by atoms with E-state index in [1.54, 1.807) is 6.92 Å². The summed E-state index contributed by atoms with van der Waals surface area (Å²) in [5, 5.41) is 0. The number of carbonyl (C=O) groups is 2. The topological polar surface area (TPSA) is 52.6 Å². The Morgan fingerprint density at radius 3 is 2.16 bits per heavy atom. The first-order valence-corrected chi connectivity index (χ1v) is 6.77. The van der Waals surface area contributed by atoms with Crippen LogP contribution in [0.25, 0.3) is 0 Å². The number of unbranched alkanes of at least 4 members (excludes halogenated alkanes) is 3. The van der Waals surface area contributed by atoms with Crippen LogP contribution < -0.4 is 0 Å². The summed E-state index contributed by atoms with van der Waals surface area (Å²) in [6.07, 6.45) is 3.94. The monoisotopic (exact) mass is 270 g/mol. The van der Waals surface area contributed by atoms with Crippen LogP contribution in [0.2, 0.25) is 0 Å². The van der Waals surface area contributed by atoms with Gasteiger partial charge in [0.25, 0.3) is 0 Å². The van der Waals surface area contributed by atoms with Gasteiger partial charge in [-0.1, -0.05) is 19.4 Å². The lowest BCUT2D eigenvalue weighted by Crippen LogP contribution is -2.23. The first-order chi connectivity index (χ1) is 8.72. The van der Waals surface area contributed by atoms with Crippen LogP contribution in [0.15, 0.2) is 12.2 Å². The minimum Gasteiger partial charge on any atom is -0.462 e. The third kappa shape index (κ3) is 11.5. The average molecular weight is 270 g/mol. The standard InChI is InChI=1S/C15H26O4/c1-12(2)14(17)18-11-9-7-6-8-10-13(16)19-15(3,4)5/h1,6-11H2,2-5H3. The number of carbonyl (C=O) groups excluding carboxylic acids is 2. The molecule has 4 heteroatoms. The Kier molecular flexibility index (Phi) is 8.12. The molecule has 0 aliphatic carbocycles. The van der Waals surface area contributed by atoms with Crippen molar-refractivity contribution in [1.29, 1.82) is 0 Å². The minimum atomic E-state index is -0.409. The van der Waals surface area contributed by atoms with Crippen LogP contribution in [0.4, 0.5) is 0 Å². The molecule has 110 valence electrons. The van der Waals surface area contributed by atoms with E-state index in [9.17, 15) is 9.59 Å². The van der Waals surface area contributed by atoms with Crippen LogP contribution in [0.1, 0.15) is 59.8 Å². The van der Waals surface area contributed by atoms with Crippen molar-refractivity contribution in [2.45, 2.75) is 65.4 Å². The summed E-state index contributed by atoms with van der Waals surface area (Å²) in [5.41, 5.74) is 0.0123. The van der Waals surface area contributed by atoms with Gasteiger partial charge in [-0.2, -0.15) is 0 Å². The Balaban J connectivity index is 3.44. The summed E-state index contributed by atoms with van der Waals surface area (Å²) in [7, 11) is 0. The maximum absolute atomic E-state index is 11.4. The summed E-state index contributed by atoms with van der Waals surface area (Å²) >= 11 is 0. The fourth-order valence-corrected chi connectivity index (χ4v) is 1.41. The van der Waals surface area contributed by atoms with Crippen molar-refractivity contribution in [2.24, 2.45) is 0 Å². The van der Waals surface area contributed by atoms with E-state index in [0.717, 1.165) is 25.7 Å². The van der Waals surface area contributed by atoms with E-state index in [1.807, 2.05) is 20.8 Å². The van der Waals surface area contributed by atoms with Crippen LogP contribution >= 0.6 is 0 Å². The quantitative estimate of drug-likeness (QED) is 0.385. The first kappa shape index (κ1) is 17.7. The van der Waals surface area contributed by atoms with Gasteiger partial charge in [0.1, 0.15) is 5.60 Å². The van der Waals surface area contributed by atoms with Gasteiger partial charge in [0.05, 0.1) is 6.61 Å². The maximum atomic E-state index is 11.4.